The zero-order valence-corrected chi connectivity index (χ0v) is 44.1. The number of pyridine rings is 1. The van der Waals surface area contributed by atoms with Gasteiger partial charge >= 0.3 is 0 Å². The Hall–Kier alpha value is -6.42. The Labute approximate surface area is 444 Å². The molecule has 6 heteroatoms. The van der Waals surface area contributed by atoms with Crippen LogP contribution in [0.15, 0.2) is 158 Å². The standard InChI is InChI=1S/C64H63N4O.Pt/c1-61(2,3)44-33-34-65-57(37-44)68-53-28-20-19-27-49(53)50-32-31-47(39-56(50)68)69-48-36-45(62(4,5)6)35-46(38-48)66-41-67(55-30-22-21-29-54(55)66)60-58(42-23-15-13-16-24-42)51(63(7,8)9)40-52(64(10,11)12)59(60)43-25-17-14-18-26-43;/h13-37,40-41H,1-12H3;/q-3;/i13D,14D,15D,16D,17D,18D,23D,24D,25D,26D;. The van der Waals surface area contributed by atoms with E-state index in [1.165, 1.54) is 0 Å². The van der Waals surface area contributed by atoms with E-state index in [1.54, 1.807) is 0 Å². The third-order valence-corrected chi connectivity index (χ3v) is 12.9. The summed E-state index contributed by atoms with van der Waals surface area (Å²) in [5, 5.41) is 2.03. The number of para-hydroxylation sites is 3. The fourth-order valence-electron chi connectivity index (χ4n) is 9.27. The van der Waals surface area contributed by atoms with Gasteiger partial charge in [0.15, 0.2) is 0 Å². The molecular formula is C64H63N4OPt-3. The van der Waals surface area contributed by atoms with E-state index < -0.39 is 76.7 Å². The van der Waals surface area contributed by atoms with Gasteiger partial charge in [-0.25, -0.2) is 4.98 Å². The maximum atomic E-state index is 9.55. The second kappa shape index (κ2) is 18.1. The van der Waals surface area contributed by atoms with Gasteiger partial charge in [0, 0.05) is 72.5 Å². The summed E-state index contributed by atoms with van der Waals surface area (Å²) >= 11 is 0. The molecule has 0 saturated heterocycles. The molecule has 1 aliphatic heterocycles. The molecule has 0 bridgehead atoms. The van der Waals surface area contributed by atoms with Crippen LogP contribution in [0.3, 0.4) is 0 Å². The number of hydrogen-bond acceptors (Lipinski definition) is 4. The third-order valence-electron chi connectivity index (χ3n) is 12.9. The van der Waals surface area contributed by atoms with Gasteiger partial charge in [0.25, 0.3) is 0 Å². The zero-order valence-electron chi connectivity index (χ0n) is 51.8. The fourth-order valence-corrected chi connectivity index (χ4v) is 9.27. The van der Waals surface area contributed by atoms with Crippen molar-refractivity contribution in [3.8, 4) is 39.6 Å². The van der Waals surface area contributed by atoms with Crippen molar-refractivity contribution in [1.29, 1.82) is 0 Å². The van der Waals surface area contributed by atoms with E-state index >= 15 is 0 Å². The third kappa shape index (κ3) is 8.99. The molecule has 1 aliphatic rings. The normalized spacial score (nSPS) is 15.2. The molecule has 358 valence electrons. The molecule has 0 aliphatic carbocycles. The average molecular weight is 1110 g/mol. The van der Waals surface area contributed by atoms with Crippen molar-refractivity contribution in [2.75, 3.05) is 9.80 Å². The first kappa shape index (κ1) is 37.4. The van der Waals surface area contributed by atoms with E-state index in [4.69, 9.17) is 17.9 Å². The molecule has 0 unspecified atom stereocenters. The van der Waals surface area contributed by atoms with Gasteiger partial charge in [-0.05, 0) is 85.2 Å². The number of fused-ring (bicyclic) bond motifs is 4. The summed E-state index contributed by atoms with van der Waals surface area (Å²) in [4.78, 5) is 8.69. The van der Waals surface area contributed by atoms with E-state index in [0.717, 1.165) is 38.8 Å². The number of benzene rings is 7. The number of rotatable bonds is 7. The largest absolute Gasteiger partial charge is 0.509 e. The maximum Gasteiger partial charge on any atom is 0.135 e. The SMILES string of the molecule is [2H]c1c([2H])c([2H])c(-c2c(C(C)(C)C)cc(C(C)(C)C)c(-c3c([2H])c([2H])c([2H])c([2H])c3[2H])c2N2[CH-]N(c3[c-]c(Oc4[c-]c5c(cc4)c4ccccc4n5-c4cc(C(C)(C)C)ccn4)cc(C(C)(C)C)c3)c3ccccc32)c([2H])c1[2H].[Pt]. The molecule has 7 aromatic carbocycles. The molecule has 10 rings (SSSR count). The summed E-state index contributed by atoms with van der Waals surface area (Å²) in [5.41, 5.74) is 5.49. The first-order valence-corrected chi connectivity index (χ1v) is 23.5. The second-order valence-corrected chi connectivity index (χ2v) is 22.0. The van der Waals surface area contributed by atoms with Crippen LogP contribution in [0.2, 0.25) is 0 Å². The van der Waals surface area contributed by atoms with E-state index in [-0.39, 0.29) is 54.4 Å². The Morgan fingerprint density at radius 2 is 1.11 bits per heavy atom. The molecule has 70 heavy (non-hydrogen) atoms. The molecule has 0 N–H and O–H groups in total. The van der Waals surface area contributed by atoms with Crippen LogP contribution >= 0.6 is 0 Å². The van der Waals surface area contributed by atoms with Gasteiger partial charge in [0.05, 0.1) is 13.7 Å². The predicted molar refractivity (Wildman–Crippen MR) is 290 cm³/mol. The van der Waals surface area contributed by atoms with E-state index in [0.29, 0.717) is 39.7 Å². The van der Waals surface area contributed by atoms with Gasteiger partial charge in [-0.1, -0.05) is 185 Å². The van der Waals surface area contributed by atoms with Crippen molar-refractivity contribution in [2.24, 2.45) is 0 Å². The van der Waals surface area contributed by atoms with Crippen molar-refractivity contribution in [3.05, 3.63) is 199 Å². The van der Waals surface area contributed by atoms with Crippen LogP contribution in [0.4, 0.5) is 22.7 Å². The van der Waals surface area contributed by atoms with Crippen molar-refractivity contribution < 1.29 is 39.5 Å². The molecule has 0 radical (unpaired) electrons. The van der Waals surface area contributed by atoms with E-state index in [2.05, 4.69) is 76.4 Å². The van der Waals surface area contributed by atoms with E-state index in [1.807, 2.05) is 137 Å². The Morgan fingerprint density at radius 3 is 1.70 bits per heavy atom. The summed E-state index contributed by atoms with van der Waals surface area (Å²) in [6.45, 7) is 26.6. The molecule has 0 amide bonds. The van der Waals surface area contributed by atoms with Crippen LogP contribution in [0.25, 0.3) is 49.9 Å². The van der Waals surface area contributed by atoms with Crippen LogP contribution in [0.5, 0.6) is 11.5 Å². The first-order valence-electron chi connectivity index (χ1n) is 28.5. The van der Waals surface area contributed by atoms with Crippen LogP contribution in [-0.4, -0.2) is 9.55 Å². The fraction of sp³-hybridized carbons (Fsp3) is 0.250. The predicted octanol–water partition coefficient (Wildman–Crippen LogP) is 17.5. The van der Waals surface area contributed by atoms with Gasteiger partial charge in [-0.3, -0.25) is 0 Å². The van der Waals surface area contributed by atoms with E-state index in [9.17, 15) is 5.48 Å². The van der Waals surface area contributed by atoms with Crippen molar-refractivity contribution in [3.63, 3.8) is 0 Å². The van der Waals surface area contributed by atoms with Crippen LogP contribution < -0.4 is 14.5 Å². The Balaban J connectivity index is 0.00000774. The summed E-state index contributed by atoms with van der Waals surface area (Å²) in [5.74, 6) is 1.61. The number of ether oxygens (including phenoxy) is 1. The summed E-state index contributed by atoms with van der Waals surface area (Å²) in [6, 6.07) is 32.1. The number of anilines is 4. The molecular weight excluding hydrogens is 1040 g/mol. The van der Waals surface area contributed by atoms with Crippen molar-refractivity contribution in [2.45, 2.75) is 105 Å². The van der Waals surface area contributed by atoms with Gasteiger partial charge in [0.2, 0.25) is 0 Å². The van der Waals surface area contributed by atoms with Crippen molar-refractivity contribution >= 4 is 44.6 Å². The van der Waals surface area contributed by atoms with Gasteiger partial charge in [-0.15, -0.1) is 53.6 Å². The monoisotopic (exact) mass is 1110 g/mol. The second-order valence-electron chi connectivity index (χ2n) is 22.0. The summed E-state index contributed by atoms with van der Waals surface area (Å²) < 4.78 is 100. The van der Waals surface area contributed by atoms with Crippen LogP contribution in [-0.2, 0) is 42.7 Å². The molecule has 2 aromatic heterocycles. The Morgan fingerprint density at radius 1 is 0.543 bits per heavy atom. The zero-order chi connectivity index (χ0) is 57.3. The Kier molecular flexibility index (Phi) is 9.66. The number of nitrogens with zero attached hydrogens (tertiary/aromatic N) is 4. The van der Waals surface area contributed by atoms with Crippen LogP contribution in [0, 0.1) is 18.8 Å². The summed E-state index contributed by atoms with van der Waals surface area (Å²) in [7, 11) is 0. The molecule has 3 heterocycles. The molecule has 0 saturated carbocycles. The minimum atomic E-state index is -0.757. The quantitative estimate of drug-likeness (QED) is 0.149. The minimum absolute atomic E-state index is 0. The van der Waals surface area contributed by atoms with Gasteiger partial charge in [-0.2, -0.15) is 6.07 Å². The van der Waals surface area contributed by atoms with Crippen LogP contribution in [0.1, 0.15) is 119 Å². The minimum Gasteiger partial charge on any atom is -0.509 e. The first-order chi connectivity index (χ1) is 36.9. The van der Waals surface area contributed by atoms with Gasteiger partial charge < -0.3 is 19.1 Å². The molecule has 0 spiro atoms. The number of aromatic nitrogens is 2. The molecule has 0 atom stereocenters. The maximum absolute atomic E-state index is 9.55. The number of hydrogen-bond donors (Lipinski definition) is 0. The Bertz CT molecular complexity index is 3830. The van der Waals surface area contributed by atoms with Gasteiger partial charge in [0.1, 0.15) is 5.82 Å². The molecule has 5 nitrogen and oxygen atoms in total. The van der Waals surface area contributed by atoms with Crippen molar-refractivity contribution in [1.82, 2.24) is 9.55 Å². The molecule has 0 fully saturated rings. The molecule has 9 aromatic rings. The topological polar surface area (TPSA) is 33.5 Å². The average Bonchev–Trinajstić information content (AvgIpc) is 3.61. The smallest absolute Gasteiger partial charge is 0.135 e. The summed E-state index contributed by atoms with van der Waals surface area (Å²) in [6.07, 6.45) is 1.85.